The summed E-state index contributed by atoms with van der Waals surface area (Å²) in [5, 5.41) is 2.98. The fourth-order valence-electron chi connectivity index (χ4n) is 2.42. The Morgan fingerprint density at radius 3 is 2.59 bits per heavy atom. The van der Waals surface area contributed by atoms with Gasteiger partial charge in [-0.1, -0.05) is 31.2 Å². The van der Waals surface area contributed by atoms with E-state index in [9.17, 15) is 9.59 Å². The molecule has 0 fully saturated rings. The number of hydrogen-bond acceptors (Lipinski definition) is 4. The van der Waals surface area contributed by atoms with Crippen molar-refractivity contribution in [3.05, 3.63) is 66.0 Å². The molecule has 1 aromatic carbocycles. The molecule has 2 aromatic rings. The molecular formula is C21H25N3O3. The number of nitrogens with zero attached hydrogens (tertiary/aromatic N) is 2. The molecule has 2 amide bonds. The molecule has 6 heteroatoms. The number of carbonyl (C=O) groups excluding carboxylic acids is 2. The van der Waals surface area contributed by atoms with E-state index in [2.05, 4.69) is 10.3 Å². The number of carbonyl (C=O) groups is 2. The molecular weight excluding hydrogens is 342 g/mol. The van der Waals surface area contributed by atoms with Crippen LogP contribution in [-0.2, 0) is 9.59 Å². The maximum Gasteiger partial charge on any atom is 0.259 e. The van der Waals surface area contributed by atoms with Gasteiger partial charge in [0, 0.05) is 31.9 Å². The van der Waals surface area contributed by atoms with Gasteiger partial charge in [-0.3, -0.25) is 14.6 Å². The Morgan fingerprint density at radius 2 is 1.93 bits per heavy atom. The van der Waals surface area contributed by atoms with Gasteiger partial charge in [-0.15, -0.1) is 0 Å². The second-order valence-corrected chi connectivity index (χ2v) is 6.17. The fraction of sp³-hybridized carbons (Fsp3) is 0.286. The lowest BCUT2D eigenvalue weighted by Crippen LogP contribution is -2.29. The van der Waals surface area contributed by atoms with Gasteiger partial charge in [-0.25, -0.2) is 0 Å². The zero-order chi connectivity index (χ0) is 19.6. The molecule has 27 heavy (non-hydrogen) atoms. The molecule has 0 aliphatic rings. The van der Waals surface area contributed by atoms with Crippen LogP contribution in [0, 0.1) is 0 Å². The van der Waals surface area contributed by atoms with Gasteiger partial charge in [-0.2, -0.15) is 0 Å². The van der Waals surface area contributed by atoms with Gasteiger partial charge in [-0.05, 0) is 30.7 Å². The van der Waals surface area contributed by atoms with Gasteiger partial charge in [0.1, 0.15) is 5.75 Å². The first-order chi connectivity index (χ1) is 13.0. The number of nitrogens with one attached hydrogen (secondary N) is 1. The second kappa shape index (κ2) is 10.1. The number of likely N-dealkylation sites (N-methyl/N-ethyl adjacent to an activating group) is 1. The first-order valence-electron chi connectivity index (χ1n) is 8.82. The number of para-hydroxylation sites is 1. The molecule has 142 valence electrons. The highest BCUT2D eigenvalue weighted by atomic mass is 16.5. The van der Waals surface area contributed by atoms with Crippen molar-refractivity contribution >= 4 is 17.9 Å². The highest BCUT2D eigenvalue weighted by Crippen LogP contribution is 2.27. The lowest BCUT2D eigenvalue weighted by Gasteiger charge is -2.20. The molecule has 1 N–H and O–H groups in total. The fourth-order valence-corrected chi connectivity index (χ4v) is 2.42. The highest BCUT2D eigenvalue weighted by molar-refractivity contribution is 5.91. The van der Waals surface area contributed by atoms with E-state index in [-0.39, 0.29) is 24.5 Å². The smallest absolute Gasteiger partial charge is 0.259 e. The predicted octanol–water partition coefficient (Wildman–Crippen LogP) is 2.83. The summed E-state index contributed by atoms with van der Waals surface area (Å²) in [4.78, 5) is 29.7. The summed E-state index contributed by atoms with van der Waals surface area (Å²) in [5.74, 6) is 0.250. The van der Waals surface area contributed by atoms with Crippen molar-refractivity contribution in [2.24, 2.45) is 0 Å². The molecule has 0 radical (unpaired) electrons. The van der Waals surface area contributed by atoms with Crippen LogP contribution in [0.5, 0.6) is 5.75 Å². The molecule has 1 heterocycles. The molecule has 6 nitrogen and oxygen atoms in total. The topological polar surface area (TPSA) is 71.5 Å². The van der Waals surface area contributed by atoms with Crippen molar-refractivity contribution in [1.82, 2.24) is 15.2 Å². The quantitative estimate of drug-likeness (QED) is 0.728. The van der Waals surface area contributed by atoms with Crippen LogP contribution in [0.1, 0.15) is 30.6 Å². The minimum Gasteiger partial charge on any atom is -0.483 e. The largest absolute Gasteiger partial charge is 0.483 e. The molecule has 0 saturated carbocycles. The lowest BCUT2D eigenvalue weighted by molar-refractivity contribution is -0.130. The van der Waals surface area contributed by atoms with Gasteiger partial charge in [0.2, 0.25) is 5.91 Å². The predicted molar refractivity (Wildman–Crippen MR) is 105 cm³/mol. The molecule has 0 bridgehead atoms. The van der Waals surface area contributed by atoms with Crippen LogP contribution < -0.4 is 10.1 Å². The van der Waals surface area contributed by atoms with E-state index >= 15 is 0 Å². The molecule has 0 saturated heterocycles. The van der Waals surface area contributed by atoms with Crippen molar-refractivity contribution in [3.63, 3.8) is 0 Å². The van der Waals surface area contributed by atoms with Crippen LogP contribution >= 0.6 is 0 Å². The average Bonchev–Trinajstić information content (AvgIpc) is 2.69. The monoisotopic (exact) mass is 367 g/mol. The van der Waals surface area contributed by atoms with Crippen molar-refractivity contribution in [2.75, 3.05) is 20.7 Å². The summed E-state index contributed by atoms with van der Waals surface area (Å²) >= 11 is 0. The minimum atomic E-state index is -0.225. The van der Waals surface area contributed by atoms with Crippen LogP contribution in [0.4, 0.5) is 0 Å². The van der Waals surface area contributed by atoms with Crippen molar-refractivity contribution in [1.29, 1.82) is 0 Å². The maximum absolute atomic E-state index is 12.3. The summed E-state index contributed by atoms with van der Waals surface area (Å²) < 4.78 is 5.68. The molecule has 2 rings (SSSR count). The van der Waals surface area contributed by atoms with Crippen LogP contribution in [0.2, 0.25) is 0 Å². The van der Waals surface area contributed by atoms with E-state index in [1.165, 1.54) is 11.0 Å². The number of hydrogen-bond donors (Lipinski definition) is 1. The van der Waals surface area contributed by atoms with Crippen LogP contribution in [0.3, 0.4) is 0 Å². The third-order valence-corrected chi connectivity index (χ3v) is 3.96. The standard InChI is InChI=1S/C21H25N3O3/c1-4-18(23-20(25)13-12-16-9-7-8-14-22-16)17-10-5-6-11-19(17)27-15-21(26)24(2)3/h5-14,18H,4,15H2,1-3H3,(H,23,25)/b13-12-. The molecule has 1 atom stereocenters. The molecule has 0 aliphatic heterocycles. The Labute approximate surface area is 159 Å². The zero-order valence-electron chi connectivity index (χ0n) is 15.9. The van der Waals surface area contributed by atoms with Crippen LogP contribution in [0.15, 0.2) is 54.7 Å². The van der Waals surface area contributed by atoms with E-state index < -0.39 is 0 Å². The van der Waals surface area contributed by atoms with E-state index in [1.54, 1.807) is 32.4 Å². The Morgan fingerprint density at radius 1 is 1.19 bits per heavy atom. The van der Waals surface area contributed by atoms with Crippen LogP contribution in [0.25, 0.3) is 6.08 Å². The van der Waals surface area contributed by atoms with E-state index in [4.69, 9.17) is 4.74 Å². The SMILES string of the molecule is CCC(NC(=O)/C=C\c1ccccn1)c1ccccc1OCC(=O)N(C)C. The number of pyridine rings is 1. The lowest BCUT2D eigenvalue weighted by atomic mass is 10.0. The zero-order valence-corrected chi connectivity index (χ0v) is 15.9. The minimum absolute atomic E-state index is 0.0476. The van der Waals surface area contributed by atoms with E-state index in [0.717, 1.165) is 5.56 Å². The average molecular weight is 367 g/mol. The number of rotatable bonds is 8. The summed E-state index contributed by atoms with van der Waals surface area (Å²) in [6.07, 6.45) is 5.49. The molecule has 1 aromatic heterocycles. The third-order valence-electron chi connectivity index (χ3n) is 3.96. The van der Waals surface area contributed by atoms with Gasteiger partial charge in [0.15, 0.2) is 6.61 Å². The molecule has 0 aliphatic carbocycles. The Balaban J connectivity index is 2.07. The summed E-state index contributed by atoms with van der Waals surface area (Å²) in [5.41, 5.74) is 1.55. The Bertz CT molecular complexity index is 788. The van der Waals surface area contributed by atoms with Crippen molar-refractivity contribution < 1.29 is 14.3 Å². The van der Waals surface area contributed by atoms with Gasteiger partial charge < -0.3 is 15.0 Å². The highest BCUT2D eigenvalue weighted by Gasteiger charge is 2.17. The van der Waals surface area contributed by atoms with Crippen molar-refractivity contribution in [2.45, 2.75) is 19.4 Å². The maximum atomic E-state index is 12.3. The summed E-state index contributed by atoms with van der Waals surface area (Å²) in [6.45, 7) is 1.93. The van der Waals surface area contributed by atoms with Crippen LogP contribution in [-0.4, -0.2) is 42.4 Å². The van der Waals surface area contributed by atoms with Crippen molar-refractivity contribution in [3.8, 4) is 5.75 Å². The number of amides is 2. The normalized spacial score (nSPS) is 11.8. The summed E-state index contributed by atoms with van der Waals surface area (Å²) in [7, 11) is 3.36. The van der Waals surface area contributed by atoms with Gasteiger partial charge >= 0.3 is 0 Å². The Hall–Kier alpha value is -3.15. The summed E-state index contributed by atoms with van der Waals surface area (Å²) in [6, 6.07) is 12.7. The number of aromatic nitrogens is 1. The van der Waals surface area contributed by atoms with E-state index in [0.29, 0.717) is 17.9 Å². The molecule has 1 unspecified atom stereocenters. The van der Waals surface area contributed by atoms with E-state index in [1.807, 2.05) is 43.3 Å². The number of ether oxygens (including phenoxy) is 1. The first kappa shape index (κ1) is 20.2. The first-order valence-corrected chi connectivity index (χ1v) is 8.82. The third kappa shape index (κ3) is 6.26. The van der Waals surface area contributed by atoms with Gasteiger partial charge in [0.25, 0.3) is 5.91 Å². The molecule has 0 spiro atoms. The van der Waals surface area contributed by atoms with Gasteiger partial charge in [0.05, 0.1) is 11.7 Å². The number of benzene rings is 1. The Kier molecular flexibility index (Phi) is 7.55. The second-order valence-electron chi connectivity index (χ2n) is 6.17.